The Morgan fingerprint density at radius 3 is 2.00 bits per heavy atom. The molecule has 5 nitrogen and oxygen atoms in total. The Hall–Kier alpha value is -0.620. The van der Waals surface area contributed by atoms with Crippen LogP contribution in [0.3, 0.4) is 0 Å². The third-order valence-electron chi connectivity index (χ3n) is 3.39. The topological polar surface area (TPSA) is 80.5 Å². The van der Waals surface area contributed by atoms with E-state index in [9.17, 15) is 13.2 Å². The highest BCUT2D eigenvalue weighted by Crippen LogP contribution is 2.22. The number of carbonyl (C=O) groups is 1. The van der Waals surface area contributed by atoms with Gasteiger partial charge in [-0.2, -0.15) is 0 Å². The van der Waals surface area contributed by atoms with Gasteiger partial charge in [-0.3, -0.25) is 4.79 Å². The molecule has 0 bridgehead atoms. The molecule has 0 rings (SSSR count). The van der Waals surface area contributed by atoms with Crippen LogP contribution in [0.25, 0.3) is 0 Å². The van der Waals surface area contributed by atoms with Crippen molar-refractivity contribution in [2.24, 2.45) is 11.1 Å². The van der Waals surface area contributed by atoms with Crippen molar-refractivity contribution in [2.45, 2.75) is 45.8 Å². The van der Waals surface area contributed by atoms with Crippen LogP contribution < -0.4 is 5.73 Å². The van der Waals surface area contributed by atoms with E-state index in [2.05, 4.69) is 0 Å². The Labute approximate surface area is 117 Å². The van der Waals surface area contributed by atoms with Gasteiger partial charge >= 0.3 is 0 Å². The summed E-state index contributed by atoms with van der Waals surface area (Å²) in [5.74, 6) is -0.349. The van der Waals surface area contributed by atoms with Crippen molar-refractivity contribution in [3.63, 3.8) is 0 Å². The van der Waals surface area contributed by atoms with Crippen molar-refractivity contribution < 1.29 is 13.2 Å². The summed E-state index contributed by atoms with van der Waals surface area (Å²) in [7, 11) is -3.45. The monoisotopic (exact) mass is 292 g/mol. The fourth-order valence-corrected chi connectivity index (χ4v) is 2.09. The molecule has 0 aromatic carbocycles. The lowest BCUT2D eigenvalue weighted by Crippen LogP contribution is -2.53. The summed E-state index contributed by atoms with van der Waals surface area (Å²) in [6.45, 7) is 10.3. The average molecular weight is 292 g/mol. The van der Waals surface area contributed by atoms with Gasteiger partial charge in [0.1, 0.15) is 4.75 Å². The molecule has 0 aromatic heterocycles. The van der Waals surface area contributed by atoms with Crippen LogP contribution in [0, 0.1) is 5.41 Å². The number of carbonyl (C=O) groups excluding carboxylic acids is 1. The van der Waals surface area contributed by atoms with Crippen molar-refractivity contribution in [2.75, 3.05) is 25.9 Å². The van der Waals surface area contributed by atoms with Crippen LogP contribution in [-0.4, -0.2) is 49.9 Å². The fraction of sp³-hybridized carbons (Fsp3) is 0.923. The Morgan fingerprint density at radius 2 is 1.68 bits per heavy atom. The average Bonchev–Trinajstić information content (AvgIpc) is 2.25. The van der Waals surface area contributed by atoms with Crippen LogP contribution in [0.2, 0.25) is 0 Å². The van der Waals surface area contributed by atoms with Crippen LogP contribution in [0.5, 0.6) is 0 Å². The molecule has 6 heteroatoms. The molecular weight excluding hydrogens is 264 g/mol. The van der Waals surface area contributed by atoms with Gasteiger partial charge in [-0.15, -0.1) is 0 Å². The minimum atomic E-state index is -3.45. The second-order valence-electron chi connectivity index (χ2n) is 6.38. The summed E-state index contributed by atoms with van der Waals surface area (Å²) >= 11 is 0. The minimum absolute atomic E-state index is 0.224. The molecule has 0 heterocycles. The molecule has 0 saturated heterocycles. The summed E-state index contributed by atoms with van der Waals surface area (Å²) < 4.78 is 22.1. The molecule has 0 aliphatic rings. The highest BCUT2D eigenvalue weighted by atomic mass is 32.2. The quantitative estimate of drug-likeness (QED) is 0.760. The van der Waals surface area contributed by atoms with E-state index in [0.717, 1.165) is 12.7 Å². The Bertz CT molecular complexity index is 414. The van der Waals surface area contributed by atoms with Gasteiger partial charge in [-0.25, -0.2) is 8.42 Å². The first kappa shape index (κ1) is 18.4. The van der Waals surface area contributed by atoms with Crippen LogP contribution in [0.15, 0.2) is 0 Å². The molecule has 0 unspecified atom stereocenters. The van der Waals surface area contributed by atoms with E-state index in [-0.39, 0.29) is 11.3 Å². The summed E-state index contributed by atoms with van der Waals surface area (Å²) in [4.78, 5) is 14.1. The van der Waals surface area contributed by atoms with Gasteiger partial charge in [0.25, 0.3) is 0 Å². The van der Waals surface area contributed by atoms with E-state index in [1.807, 2.05) is 20.8 Å². The van der Waals surface area contributed by atoms with E-state index in [4.69, 9.17) is 5.73 Å². The van der Waals surface area contributed by atoms with Gasteiger partial charge < -0.3 is 10.6 Å². The van der Waals surface area contributed by atoms with E-state index < -0.39 is 14.6 Å². The zero-order valence-electron chi connectivity index (χ0n) is 13.0. The number of amides is 1. The maximum Gasteiger partial charge on any atom is 0.243 e. The van der Waals surface area contributed by atoms with Crippen LogP contribution in [0.4, 0.5) is 0 Å². The Morgan fingerprint density at radius 1 is 1.21 bits per heavy atom. The van der Waals surface area contributed by atoms with Crippen molar-refractivity contribution >= 4 is 15.7 Å². The second kappa shape index (κ2) is 6.22. The first-order chi connectivity index (χ1) is 8.39. The van der Waals surface area contributed by atoms with E-state index in [0.29, 0.717) is 19.6 Å². The molecule has 1 amide bonds. The van der Waals surface area contributed by atoms with Gasteiger partial charge in [0, 0.05) is 19.3 Å². The molecule has 0 aliphatic heterocycles. The zero-order chi connectivity index (χ0) is 15.5. The molecule has 0 saturated carbocycles. The summed E-state index contributed by atoms with van der Waals surface area (Å²) in [5, 5.41) is 0. The third kappa shape index (κ3) is 4.76. The molecular formula is C13H28N2O3S. The van der Waals surface area contributed by atoms with Crippen molar-refractivity contribution in [1.29, 1.82) is 0 Å². The normalized spacial score (nSPS) is 13.4. The Balaban J connectivity index is 5.27. The van der Waals surface area contributed by atoms with E-state index >= 15 is 0 Å². The van der Waals surface area contributed by atoms with Gasteiger partial charge in [0.2, 0.25) is 5.91 Å². The van der Waals surface area contributed by atoms with E-state index in [1.165, 1.54) is 13.8 Å². The van der Waals surface area contributed by atoms with Crippen molar-refractivity contribution in [3.8, 4) is 0 Å². The predicted molar refractivity (Wildman–Crippen MR) is 78.6 cm³/mol. The largest absolute Gasteiger partial charge is 0.341 e. The standard InChI is InChI=1S/C13H28N2O3S/c1-7-8-15(10-12(2,3)9-14)11(16)13(4,5)19(6,17)18/h7-10,14H2,1-6H3. The van der Waals surface area contributed by atoms with Crippen LogP contribution in [-0.2, 0) is 14.6 Å². The SMILES string of the molecule is CCCN(CC(C)(C)CN)C(=O)C(C)(C)S(C)(=O)=O. The second-order valence-corrected chi connectivity index (χ2v) is 8.94. The van der Waals surface area contributed by atoms with Gasteiger partial charge in [0.15, 0.2) is 9.84 Å². The van der Waals surface area contributed by atoms with Crippen molar-refractivity contribution in [1.82, 2.24) is 4.90 Å². The maximum absolute atomic E-state index is 12.5. The highest BCUT2D eigenvalue weighted by Gasteiger charge is 2.42. The number of sulfone groups is 1. The fourth-order valence-electron chi connectivity index (χ4n) is 1.64. The third-order valence-corrected chi connectivity index (χ3v) is 5.42. The van der Waals surface area contributed by atoms with E-state index in [1.54, 1.807) is 4.90 Å². The minimum Gasteiger partial charge on any atom is -0.341 e. The van der Waals surface area contributed by atoms with Crippen molar-refractivity contribution in [3.05, 3.63) is 0 Å². The molecule has 0 atom stereocenters. The first-order valence-electron chi connectivity index (χ1n) is 6.58. The summed E-state index contributed by atoms with van der Waals surface area (Å²) in [5.41, 5.74) is 5.47. The summed E-state index contributed by atoms with van der Waals surface area (Å²) in [6.07, 6.45) is 1.88. The predicted octanol–water partition coefficient (Wildman–Crippen LogP) is 1.03. The zero-order valence-corrected chi connectivity index (χ0v) is 13.8. The molecule has 0 aliphatic carbocycles. The van der Waals surface area contributed by atoms with Gasteiger partial charge in [-0.1, -0.05) is 20.8 Å². The molecule has 114 valence electrons. The molecule has 2 N–H and O–H groups in total. The number of rotatable bonds is 7. The molecule has 0 spiro atoms. The maximum atomic E-state index is 12.5. The molecule has 0 aromatic rings. The lowest BCUT2D eigenvalue weighted by molar-refractivity contribution is -0.134. The first-order valence-corrected chi connectivity index (χ1v) is 8.47. The smallest absolute Gasteiger partial charge is 0.243 e. The number of nitrogens with zero attached hydrogens (tertiary/aromatic N) is 1. The highest BCUT2D eigenvalue weighted by molar-refractivity contribution is 7.92. The number of hydrogen-bond acceptors (Lipinski definition) is 4. The number of hydrogen-bond donors (Lipinski definition) is 1. The summed E-state index contributed by atoms with van der Waals surface area (Å²) in [6, 6.07) is 0. The molecule has 0 fully saturated rings. The lowest BCUT2D eigenvalue weighted by atomic mass is 9.92. The number of nitrogens with two attached hydrogens (primary N) is 1. The molecule has 0 radical (unpaired) electrons. The van der Waals surface area contributed by atoms with Gasteiger partial charge in [-0.05, 0) is 32.2 Å². The molecule has 19 heavy (non-hydrogen) atoms. The Kier molecular flexibility index (Phi) is 6.02. The lowest BCUT2D eigenvalue weighted by Gasteiger charge is -2.36. The van der Waals surface area contributed by atoms with Crippen LogP contribution in [0.1, 0.15) is 41.0 Å². The van der Waals surface area contributed by atoms with Gasteiger partial charge in [0.05, 0.1) is 0 Å². The van der Waals surface area contributed by atoms with Crippen LogP contribution >= 0.6 is 0 Å².